The van der Waals surface area contributed by atoms with Crippen molar-refractivity contribution in [3.63, 3.8) is 0 Å². The Labute approximate surface area is 226 Å². The predicted octanol–water partition coefficient (Wildman–Crippen LogP) is 5.83. The highest BCUT2D eigenvalue weighted by Gasteiger charge is 2.16. The number of benzene rings is 2. The molecule has 11 heteroatoms. The first-order valence-corrected chi connectivity index (χ1v) is 12.5. The van der Waals surface area contributed by atoms with E-state index in [2.05, 4.69) is 37.6 Å². The van der Waals surface area contributed by atoms with Gasteiger partial charge < -0.3 is 9.47 Å². The Kier molecular flexibility index (Phi) is 8.27. The summed E-state index contributed by atoms with van der Waals surface area (Å²) in [6, 6.07) is 11.7. The number of nitrogens with zero attached hydrogens (tertiary/aromatic N) is 5. The fourth-order valence-corrected chi connectivity index (χ4v) is 4.16. The van der Waals surface area contributed by atoms with E-state index in [9.17, 15) is 14.9 Å². The van der Waals surface area contributed by atoms with Gasteiger partial charge in [0.25, 0.3) is 11.2 Å². The standard InChI is InChI=1S/C27H24BrN5O5/c1-4-6-18-12-17(13-23(37-3)26(18)38-25-11-9-20(16-29-25)33(35)36)15-30-32-24(7-5-2)31-22-10-8-19(28)14-21(22)27(32)34/h4,8-16H,1,5-7H2,2-3H3. The van der Waals surface area contributed by atoms with Gasteiger partial charge >= 0.3 is 0 Å². The Balaban J connectivity index is 1.75. The molecule has 0 aliphatic rings. The van der Waals surface area contributed by atoms with Crippen molar-refractivity contribution in [1.29, 1.82) is 0 Å². The van der Waals surface area contributed by atoms with Crippen LogP contribution in [0.2, 0.25) is 0 Å². The van der Waals surface area contributed by atoms with Crippen LogP contribution in [-0.2, 0) is 12.8 Å². The average molecular weight is 578 g/mol. The zero-order chi connectivity index (χ0) is 27.2. The second kappa shape index (κ2) is 11.8. The van der Waals surface area contributed by atoms with Gasteiger partial charge in [0.05, 0.1) is 29.2 Å². The van der Waals surface area contributed by atoms with Gasteiger partial charge in [0.15, 0.2) is 11.5 Å². The first kappa shape index (κ1) is 26.7. The number of fused-ring (bicyclic) bond motifs is 1. The van der Waals surface area contributed by atoms with Crippen molar-refractivity contribution in [2.24, 2.45) is 5.10 Å². The summed E-state index contributed by atoms with van der Waals surface area (Å²) < 4.78 is 13.6. The van der Waals surface area contributed by atoms with Crippen molar-refractivity contribution < 1.29 is 14.4 Å². The van der Waals surface area contributed by atoms with E-state index in [0.29, 0.717) is 46.6 Å². The SMILES string of the molecule is C=CCc1cc(C=Nn2c(CCC)nc3ccc(Br)cc3c2=O)cc(OC)c1Oc1ccc([N+](=O)[O-])cn1. The second-order valence-electron chi connectivity index (χ2n) is 8.22. The van der Waals surface area contributed by atoms with Gasteiger partial charge in [-0.1, -0.05) is 28.9 Å². The van der Waals surface area contributed by atoms with E-state index in [0.717, 1.165) is 22.7 Å². The van der Waals surface area contributed by atoms with Gasteiger partial charge in [-0.25, -0.2) is 9.97 Å². The predicted molar refractivity (Wildman–Crippen MR) is 149 cm³/mol. The number of ether oxygens (including phenoxy) is 2. The maximum absolute atomic E-state index is 13.3. The third-order valence-electron chi connectivity index (χ3n) is 5.55. The highest BCUT2D eigenvalue weighted by Crippen LogP contribution is 2.36. The van der Waals surface area contributed by atoms with E-state index < -0.39 is 4.92 Å². The first-order chi connectivity index (χ1) is 18.3. The molecule has 0 saturated carbocycles. The summed E-state index contributed by atoms with van der Waals surface area (Å²) in [5.74, 6) is 1.52. The lowest BCUT2D eigenvalue weighted by Gasteiger charge is -2.15. The van der Waals surface area contributed by atoms with Crippen LogP contribution in [0.15, 0.2) is 75.7 Å². The summed E-state index contributed by atoms with van der Waals surface area (Å²) in [6.07, 6.45) is 6.21. The number of aromatic nitrogens is 3. The molecule has 4 rings (SSSR count). The number of methoxy groups -OCH3 is 1. The molecule has 0 saturated heterocycles. The van der Waals surface area contributed by atoms with Gasteiger partial charge in [0.1, 0.15) is 12.0 Å². The van der Waals surface area contributed by atoms with Gasteiger partial charge in [0.2, 0.25) is 5.88 Å². The molecule has 0 amide bonds. The number of halogens is 1. The average Bonchev–Trinajstić information content (AvgIpc) is 2.90. The Bertz CT molecular complexity index is 1600. The molecule has 0 bridgehead atoms. The van der Waals surface area contributed by atoms with Crippen molar-refractivity contribution in [2.45, 2.75) is 26.2 Å². The molecule has 2 heterocycles. The fraction of sp³-hybridized carbons (Fsp3) is 0.185. The Morgan fingerprint density at radius 1 is 1.24 bits per heavy atom. The molecule has 0 N–H and O–H groups in total. The fourth-order valence-electron chi connectivity index (χ4n) is 3.80. The largest absolute Gasteiger partial charge is 0.493 e. The van der Waals surface area contributed by atoms with Crippen LogP contribution in [0.25, 0.3) is 10.9 Å². The maximum Gasteiger partial charge on any atom is 0.287 e. The van der Waals surface area contributed by atoms with E-state index in [-0.39, 0.29) is 17.1 Å². The van der Waals surface area contributed by atoms with E-state index in [1.807, 2.05) is 19.1 Å². The maximum atomic E-state index is 13.3. The van der Waals surface area contributed by atoms with Crippen molar-refractivity contribution in [3.8, 4) is 17.4 Å². The van der Waals surface area contributed by atoms with Crippen LogP contribution >= 0.6 is 15.9 Å². The molecular formula is C27H24BrN5O5. The number of nitro groups is 1. The number of aryl methyl sites for hydroxylation is 1. The summed E-state index contributed by atoms with van der Waals surface area (Å²) in [7, 11) is 1.50. The van der Waals surface area contributed by atoms with Gasteiger partial charge in [0, 0.05) is 28.6 Å². The molecule has 0 radical (unpaired) electrons. The summed E-state index contributed by atoms with van der Waals surface area (Å²) in [6.45, 7) is 5.83. The first-order valence-electron chi connectivity index (χ1n) is 11.7. The lowest BCUT2D eigenvalue weighted by atomic mass is 10.1. The molecular weight excluding hydrogens is 554 g/mol. The lowest BCUT2D eigenvalue weighted by Crippen LogP contribution is -2.22. The minimum Gasteiger partial charge on any atom is -0.493 e. The topological polar surface area (TPSA) is 122 Å². The summed E-state index contributed by atoms with van der Waals surface area (Å²) in [5.41, 5.74) is 1.59. The van der Waals surface area contributed by atoms with Crippen LogP contribution < -0.4 is 15.0 Å². The van der Waals surface area contributed by atoms with Crippen LogP contribution in [0.4, 0.5) is 5.69 Å². The number of rotatable bonds is 10. The zero-order valence-corrected chi connectivity index (χ0v) is 22.3. The number of allylic oxidation sites excluding steroid dienone is 1. The van der Waals surface area contributed by atoms with Gasteiger partial charge in [-0.3, -0.25) is 14.9 Å². The minimum absolute atomic E-state index is 0.143. The summed E-state index contributed by atoms with van der Waals surface area (Å²) in [4.78, 5) is 32.4. The molecule has 0 aliphatic heterocycles. The Morgan fingerprint density at radius 2 is 2.05 bits per heavy atom. The van der Waals surface area contributed by atoms with Gasteiger partial charge in [-0.05, 0) is 48.7 Å². The van der Waals surface area contributed by atoms with Crippen LogP contribution in [0.1, 0.15) is 30.3 Å². The number of hydrogen-bond donors (Lipinski definition) is 0. The highest BCUT2D eigenvalue weighted by molar-refractivity contribution is 9.10. The number of hydrogen-bond acceptors (Lipinski definition) is 8. The summed E-state index contributed by atoms with van der Waals surface area (Å²) in [5, 5.41) is 15.9. The molecule has 10 nitrogen and oxygen atoms in total. The van der Waals surface area contributed by atoms with Gasteiger partial charge in [-0.15, -0.1) is 6.58 Å². The van der Waals surface area contributed by atoms with E-state index >= 15 is 0 Å². The van der Waals surface area contributed by atoms with Gasteiger partial charge in [-0.2, -0.15) is 9.78 Å². The molecule has 38 heavy (non-hydrogen) atoms. The molecule has 2 aromatic heterocycles. The summed E-state index contributed by atoms with van der Waals surface area (Å²) >= 11 is 3.41. The van der Waals surface area contributed by atoms with E-state index in [4.69, 9.17) is 9.47 Å². The van der Waals surface area contributed by atoms with Crippen LogP contribution in [0.5, 0.6) is 17.4 Å². The van der Waals surface area contributed by atoms with Crippen LogP contribution in [0.3, 0.4) is 0 Å². The lowest BCUT2D eigenvalue weighted by molar-refractivity contribution is -0.385. The molecule has 0 atom stereocenters. The van der Waals surface area contributed by atoms with E-state index in [1.165, 1.54) is 23.9 Å². The quantitative estimate of drug-likeness (QED) is 0.101. The van der Waals surface area contributed by atoms with Crippen molar-refractivity contribution in [1.82, 2.24) is 14.6 Å². The number of pyridine rings is 1. The monoisotopic (exact) mass is 577 g/mol. The molecule has 194 valence electrons. The normalized spacial score (nSPS) is 11.1. The minimum atomic E-state index is -0.532. The van der Waals surface area contributed by atoms with Crippen molar-refractivity contribution >= 4 is 38.7 Å². The van der Waals surface area contributed by atoms with Crippen LogP contribution in [-0.4, -0.2) is 32.9 Å². The Hall–Kier alpha value is -4.38. The Morgan fingerprint density at radius 3 is 2.71 bits per heavy atom. The third kappa shape index (κ3) is 5.78. The van der Waals surface area contributed by atoms with Crippen molar-refractivity contribution in [3.05, 3.63) is 103 Å². The van der Waals surface area contributed by atoms with Crippen molar-refractivity contribution in [2.75, 3.05) is 7.11 Å². The highest BCUT2D eigenvalue weighted by atomic mass is 79.9. The second-order valence-corrected chi connectivity index (χ2v) is 9.13. The molecule has 0 spiro atoms. The van der Waals surface area contributed by atoms with Crippen LogP contribution in [0, 0.1) is 10.1 Å². The molecule has 2 aromatic carbocycles. The molecule has 0 unspecified atom stereocenters. The molecule has 0 aliphatic carbocycles. The third-order valence-corrected chi connectivity index (χ3v) is 6.04. The van der Waals surface area contributed by atoms with E-state index in [1.54, 1.807) is 30.5 Å². The zero-order valence-electron chi connectivity index (χ0n) is 20.8. The molecule has 4 aromatic rings. The smallest absolute Gasteiger partial charge is 0.287 e. The molecule has 0 fully saturated rings.